The first-order chi connectivity index (χ1) is 10.1. The van der Waals surface area contributed by atoms with E-state index in [9.17, 15) is 70.7 Å². The summed E-state index contributed by atoms with van der Waals surface area (Å²) < 4.78 is 184. The van der Waals surface area contributed by atoms with Gasteiger partial charge < -0.3 is 0 Å². The van der Waals surface area contributed by atoms with Gasteiger partial charge in [0.2, 0.25) is 0 Å². The van der Waals surface area contributed by atoms with Crippen molar-refractivity contribution in [1.82, 2.24) is 4.90 Å². The number of rotatable bonds is 4. The molecule has 0 spiro atoms. The van der Waals surface area contributed by atoms with Crippen molar-refractivity contribution in [2.45, 2.75) is 36.3 Å². The van der Waals surface area contributed by atoms with Crippen LogP contribution < -0.4 is 0 Å². The molecule has 144 valence electrons. The van der Waals surface area contributed by atoms with E-state index in [4.69, 9.17) is 0 Å². The number of hydrogen-bond donors (Lipinski definition) is 0. The van der Waals surface area contributed by atoms with Gasteiger partial charge in [-0.1, -0.05) is 0 Å². The Kier molecular flexibility index (Phi) is 5.11. The van der Waals surface area contributed by atoms with Crippen molar-refractivity contribution < 1.29 is 70.7 Å². The first kappa shape index (κ1) is 22.4. The zero-order valence-electron chi connectivity index (χ0n) is 10.0. The molecule has 0 aromatic rings. The Morgan fingerprint density at radius 1 is 0.583 bits per heavy atom. The summed E-state index contributed by atoms with van der Waals surface area (Å²) in [5, 5.41) is 0. The van der Waals surface area contributed by atoms with E-state index in [0.29, 0.717) is 0 Å². The van der Waals surface area contributed by atoms with Crippen LogP contribution in [0.25, 0.3) is 0 Å². The average molecular weight is 399 g/mol. The molecule has 0 radical (unpaired) electrons. The summed E-state index contributed by atoms with van der Waals surface area (Å²) in [6.07, 6.45) is -19.4. The number of carbonyl (C=O) groups is 1. The highest BCUT2D eigenvalue weighted by Gasteiger charge is 2.89. The maximum atomic E-state index is 12.8. The molecule has 0 bridgehead atoms. The van der Waals surface area contributed by atoms with Crippen LogP contribution in [-0.4, -0.2) is 47.4 Å². The fourth-order valence-electron chi connectivity index (χ4n) is 1.07. The summed E-state index contributed by atoms with van der Waals surface area (Å²) in [6, 6.07) is -7.85. The number of nitrogens with zero attached hydrogens (tertiary/aromatic N) is 1. The van der Waals surface area contributed by atoms with Crippen molar-refractivity contribution in [2.75, 3.05) is 0 Å². The van der Waals surface area contributed by atoms with Crippen LogP contribution in [0, 0.1) is 0 Å². The number of carbonyl (C=O) groups excluding carboxylic acids is 1. The molecule has 17 heteroatoms. The number of amides is 1. The zero-order valence-corrected chi connectivity index (χ0v) is 10.0. The second-order valence-electron chi connectivity index (χ2n) is 3.82. The molecule has 0 fully saturated rings. The highest BCUT2D eigenvalue weighted by molar-refractivity contribution is 5.67. The van der Waals surface area contributed by atoms with E-state index in [2.05, 4.69) is 0 Å². The fraction of sp³-hybridized carbons (Fsp3) is 0.857. The minimum atomic E-state index is -8.21. The number of halogens is 15. The second kappa shape index (κ2) is 5.47. The van der Waals surface area contributed by atoms with Gasteiger partial charge in [-0.05, 0) is 0 Å². The van der Waals surface area contributed by atoms with Crippen LogP contribution in [0.1, 0.15) is 0 Å². The molecule has 0 saturated carbocycles. The van der Waals surface area contributed by atoms with Crippen LogP contribution in [0.4, 0.5) is 70.7 Å². The minimum Gasteiger partial charge on any atom is -0.234 e. The lowest BCUT2D eigenvalue weighted by molar-refractivity contribution is -0.451. The van der Waals surface area contributed by atoms with Gasteiger partial charge >= 0.3 is 42.5 Å². The summed E-state index contributed by atoms with van der Waals surface area (Å²) in [5.74, 6) is -24.4. The second-order valence-corrected chi connectivity index (χ2v) is 3.82. The molecule has 0 rings (SSSR count). The Hall–Kier alpha value is -1.58. The van der Waals surface area contributed by atoms with E-state index in [0.717, 1.165) is 0 Å². The SMILES string of the molecule is O=C(F)N(C(F)(F)F)C(F)(F)C(F)(F)C(F)(F)C(F)(F)C(F)(F)F. The number of hydrogen-bond acceptors (Lipinski definition) is 1. The summed E-state index contributed by atoms with van der Waals surface area (Å²) in [6.45, 7) is 0. The van der Waals surface area contributed by atoms with E-state index in [1.54, 1.807) is 0 Å². The molecule has 0 aliphatic rings. The Bertz CT molecular complexity index is 487. The van der Waals surface area contributed by atoms with Crippen molar-refractivity contribution in [2.24, 2.45) is 0 Å². The van der Waals surface area contributed by atoms with Crippen molar-refractivity contribution in [1.29, 1.82) is 0 Å². The largest absolute Gasteiger partial charge is 0.494 e. The topological polar surface area (TPSA) is 20.3 Å². The lowest BCUT2D eigenvalue weighted by atomic mass is 10.0. The summed E-state index contributed by atoms with van der Waals surface area (Å²) in [4.78, 5) is 5.88. The van der Waals surface area contributed by atoms with E-state index in [1.807, 2.05) is 0 Å². The maximum Gasteiger partial charge on any atom is 0.494 e. The Morgan fingerprint density at radius 3 is 1.12 bits per heavy atom. The molecule has 1 amide bonds. The highest BCUT2D eigenvalue weighted by Crippen LogP contribution is 2.58. The molecule has 0 aromatic heterocycles. The number of alkyl halides is 14. The van der Waals surface area contributed by atoms with Gasteiger partial charge in [0, 0.05) is 0 Å². The Balaban J connectivity index is 6.44. The van der Waals surface area contributed by atoms with Gasteiger partial charge in [0.15, 0.2) is 0 Å². The van der Waals surface area contributed by atoms with Crippen LogP contribution in [0.15, 0.2) is 0 Å². The molecule has 0 aliphatic heterocycles. The Labute approximate surface area is 119 Å². The van der Waals surface area contributed by atoms with Crippen LogP contribution in [0.5, 0.6) is 0 Å². The molecule has 0 saturated heterocycles. The molecule has 0 atom stereocenters. The molecular weight excluding hydrogens is 399 g/mol. The fourth-order valence-corrected chi connectivity index (χ4v) is 1.07. The van der Waals surface area contributed by atoms with Gasteiger partial charge in [-0.3, -0.25) is 0 Å². The summed E-state index contributed by atoms with van der Waals surface area (Å²) >= 11 is 0. The van der Waals surface area contributed by atoms with Gasteiger partial charge in [-0.25, -0.2) is 4.79 Å². The molecule has 0 N–H and O–H groups in total. The first-order valence-electron chi connectivity index (χ1n) is 4.71. The zero-order chi connectivity index (χ0) is 20.2. The van der Waals surface area contributed by atoms with Gasteiger partial charge in [0.05, 0.1) is 0 Å². The Morgan fingerprint density at radius 2 is 0.917 bits per heavy atom. The lowest BCUT2D eigenvalue weighted by Gasteiger charge is -2.40. The van der Waals surface area contributed by atoms with Crippen LogP contribution in [0.3, 0.4) is 0 Å². The molecule has 2 nitrogen and oxygen atoms in total. The third kappa shape index (κ3) is 3.03. The molecule has 0 heterocycles. The molecular formula is C7F15NO. The quantitative estimate of drug-likeness (QED) is 0.372. The van der Waals surface area contributed by atoms with E-state index in [-0.39, 0.29) is 0 Å². The van der Waals surface area contributed by atoms with Gasteiger partial charge in [-0.2, -0.15) is 53.2 Å². The average Bonchev–Trinajstić information content (AvgIpc) is 2.22. The summed E-state index contributed by atoms with van der Waals surface area (Å²) in [7, 11) is 0. The van der Waals surface area contributed by atoms with Gasteiger partial charge in [0.25, 0.3) is 0 Å². The normalized spacial score (nSPS) is 15.5. The monoisotopic (exact) mass is 399 g/mol. The van der Waals surface area contributed by atoms with Crippen LogP contribution in [0.2, 0.25) is 0 Å². The summed E-state index contributed by atoms with van der Waals surface area (Å²) in [5.41, 5.74) is 0. The van der Waals surface area contributed by atoms with Crippen molar-refractivity contribution in [3.8, 4) is 0 Å². The standard InChI is InChI=1S/C7F15NO/c8-1(24)23(7(20,21)22)6(18,19)4(13,14)2(9,10)3(11,12)5(15,16)17. The van der Waals surface area contributed by atoms with E-state index in [1.165, 1.54) is 0 Å². The molecule has 0 aromatic carbocycles. The third-order valence-corrected chi connectivity index (χ3v) is 2.23. The van der Waals surface area contributed by atoms with Crippen LogP contribution in [-0.2, 0) is 0 Å². The smallest absolute Gasteiger partial charge is 0.234 e. The lowest BCUT2D eigenvalue weighted by Crippen LogP contribution is -2.72. The van der Waals surface area contributed by atoms with Crippen molar-refractivity contribution in [3.63, 3.8) is 0 Å². The van der Waals surface area contributed by atoms with Crippen LogP contribution >= 0.6 is 0 Å². The van der Waals surface area contributed by atoms with Gasteiger partial charge in [-0.15, -0.1) is 17.6 Å². The van der Waals surface area contributed by atoms with E-state index < -0.39 is 47.4 Å². The molecule has 24 heavy (non-hydrogen) atoms. The molecule has 0 unspecified atom stereocenters. The van der Waals surface area contributed by atoms with E-state index >= 15 is 0 Å². The molecule has 0 aliphatic carbocycles. The van der Waals surface area contributed by atoms with Crippen molar-refractivity contribution in [3.05, 3.63) is 0 Å². The highest BCUT2D eigenvalue weighted by atomic mass is 19.4. The van der Waals surface area contributed by atoms with Crippen molar-refractivity contribution >= 4 is 6.16 Å². The maximum absolute atomic E-state index is 12.8. The predicted molar refractivity (Wildman–Crippen MR) is 40.2 cm³/mol. The first-order valence-corrected chi connectivity index (χ1v) is 4.71. The third-order valence-electron chi connectivity index (χ3n) is 2.23. The minimum absolute atomic E-state index is 3.85. The van der Waals surface area contributed by atoms with Gasteiger partial charge in [0.1, 0.15) is 0 Å². The predicted octanol–water partition coefficient (Wildman–Crippen LogP) is 4.96.